The minimum atomic E-state index is -0.683. The first-order valence-corrected chi connectivity index (χ1v) is 11.5. The molecule has 0 bridgehead atoms. The van der Waals surface area contributed by atoms with Crippen molar-refractivity contribution >= 4 is 17.5 Å². The number of allylic oxidation sites excluding steroid dienone is 1. The predicted octanol–water partition coefficient (Wildman–Crippen LogP) is 4.29. The highest BCUT2D eigenvalue weighted by molar-refractivity contribution is 6.06. The Balaban J connectivity index is 1.69. The standard InChI is InChI=1S/C27H26N6O4/c1-16-23(26(34)30-18-8-6-5-7-9-18)24(19-14-21(36-3)22(37-4)15-20(19)35-2)33-27(29-16)31-25(32-33)17-10-12-28-13-11-17/h5-15,24H,1-4H3,(H,30,34)(H,29,31,32). The molecule has 1 aliphatic rings. The third-order valence-electron chi connectivity index (χ3n) is 6.10. The van der Waals surface area contributed by atoms with Gasteiger partial charge in [0.2, 0.25) is 5.95 Å². The van der Waals surface area contributed by atoms with Crippen LogP contribution < -0.4 is 24.8 Å². The van der Waals surface area contributed by atoms with E-state index >= 15 is 0 Å². The van der Waals surface area contributed by atoms with Gasteiger partial charge in [-0.2, -0.15) is 4.98 Å². The molecule has 4 aromatic rings. The average molecular weight is 499 g/mol. The molecule has 188 valence electrons. The van der Waals surface area contributed by atoms with Gasteiger partial charge in [-0.25, -0.2) is 4.68 Å². The normalized spacial score (nSPS) is 14.4. The van der Waals surface area contributed by atoms with Gasteiger partial charge in [0.15, 0.2) is 17.3 Å². The number of anilines is 2. The number of pyridine rings is 1. The van der Waals surface area contributed by atoms with Gasteiger partial charge in [0.1, 0.15) is 11.8 Å². The van der Waals surface area contributed by atoms with E-state index in [1.807, 2.05) is 49.4 Å². The van der Waals surface area contributed by atoms with Crippen molar-refractivity contribution in [2.24, 2.45) is 0 Å². The van der Waals surface area contributed by atoms with Gasteiger partial charge in [0, 0.05) is 41.0 Å². The first-order valence-electron chi connectivity index (χ1n) is 11.5. The third kappa shape index (κ3) is 4.44. The van der Waals surface area contributed by atoms with E-state index in [1.54, 1.807) is 50.5 Å². The second kappa shape index (κ2) is 10.0. The van der Waals surface area contributed by atoms with Crippen molar-refractivity contribution in [3.8, 4) is 28.6 Å². The summed E-state index contributed by atoms with van der Waals surface area (Å²) in [5.41, 5.74) is 3.22. The van der Waals surface area contributed by atoms with Crippen LogP contribution in [-0.4, -0.2) is 47.0 Å². The SMILES string of the molecule is COc1cc(OC)c(C2C(C(=O)Nc3ccccc3)=C(C)Nc3nc(-c4ccncc4)nn32)cc1OC. The number of hydrogen-bond donors (Lipinski definition) is 2. The van der Waals surface area contributed by atoms with Crippen LogP contribution in [0.3, 0.4) is 0 Å². The number of rotatable bonds is 7. The number of ether oxygens (including phenoxy) is 3. The lowest BCUT2D eigenvalue weighted by Crippen LogP contribution is -2.31. The molecule has 0 spiro atoms. The maximum Gasteiger partial charge on any atom is 0.255 e. The molecule has 37 heavy (non-hydrogen) atoms. The molecule has 2 aromatic carbocycles. The minimum Gasteiger partial charge on any atom is -0.496 e. The Morgan fingerprint density at radius 3 is 2.30 bits per heavy atom. The summed E-state index contributed by atoms with van der Waals surface area (Å²) in [6, 6.07) is 15.8. The lowest BCUT2D eigenvalue weighted by Gasteiger charge is -2.30. The molecule has 0 fully saturated rings. The van der Waals surface area contributed by atoms with Crippen LogP contribution in [0.1, 0.15) is 18.5 Å². The van der Waals surface area contributed by atoms with Crippen LogP contribution in [0.25, 0.3) is 11.4 Å². The number of nitrogens with one attached hydrogen (secondary N) is 2. The van der Waals surface area contributed by atoms with Crippen LogP contribution in [0.2, 0.25) is 0 Å². The summed E-state index contributed by atoms with van der Waals surface area (Å²) in [5, 5.41) is 11.0. The highest BCUT2D eigenvalue weighted by Crippen LogP contribution is 2.44. The maximum atomic E-state index is 13.7. The van der Waals surface area contributed by atoms with Gasteiger partial charge in [-0.3, -0.25) is 9.78 Å². The van der Waals surface area contributed by atoms with E-state index < -0.39 is 6.04 Å². The number of nitrogens with zero attached hydrogens (tertiary/aromatic N) is 4. The third-order valence-corrected chi connectivity index (χ3v) is 6.10. The van der Waals surface area contributed by atoms with Crippen LogP contribution in [0.4, 0.5) is 11.6 Å². The van der Waals surface area contributed by atoms with Crippen molar-refractivity contribution in [3.63, 3.8) is 0 Å². The van der Waals surface area contributed by atoms with E-state index in [9.17, 15) is 4.79 Å². The fourth-order valence-electron chi connectivity index (χ4n) is 4.34. The first kappa shape index (κ1) is 23.9. The van der Waals surface area contributed by atoms with E-state index in [4.69, 9.17) is 24.3 Å². The number of carbonyl (C=O) groups excluding carboxylic acids is 1. The molecule has 5 rings (SSSR count). The molecular formula is C27H26N6O4. The van der Waals surface area contributed by atoms with Crippen molar-refractivity contribution in [3.05, 3.63) is 83.8 Å². The monoisotopic (exact) mass is 498 g/mol. The van der Waals surface area contributed by atoms with Crippen molar-refractivity contribution < 1.29 is 19.0 Å². The Morgan fingerprint density at radius 2 is 1.62 bits per heavy atom. The molecule has 2 N–H and O–H groups in total. The Labute approximate surface area is 213 Å². The van der Waals surface area contributed by atoms with Crippen LogP contribution in [-0.2, 0) is 4.79 Å². The Kier molecular flexibility index (Phi) is 6.46. The second-order valence-corrected chi connectivity index (χ2v) is 8.27. The quantitative estimate of drug-likeness (QED) is 0.388. The molecule has 1 amide bonds. The summed E-state index contributed by atoms with van der Waals surface area (Å²) in [6.45, 7) is 1.84. The minimum absolute atomic E-state index is 0.287. The predicted molar refractivity (Wildman–Crippen MR) is 139 cm³/mol. The zero-order valence-electron chi connectivity index (χ0n) is 20.9. The average Bonchev–Trinajstić information content (AvgIpc) is 3.36. The van der Waals surface area contributed by atoms with E-state index in [0.717, 1.165) is 5.56 Å². The molecule has 0 aliphatic carbocycles. The van der Waals surface area contributed by atoms with Crippen LogP contribution in [0.5, 0.6) is 17.2 Å². The van der Waals surface area contributed by atoms with Crippen molar-refractivity contribution in [1.82, 2.24) is 19.7 Å². The number of para-hydroxylation sites is 1. The topological polar surface area (TPSA) is 112 Å². The van der Waals surface area contributed by atoms with Crippen LogP contribution in [0, 0.1) is 0 Å². The van der Waals surface area contributed by atoms with Gasteiger partial charge in [-0.05, 0) is 37.3 Å². The summed E-state index contributed by atoms with van der Waals surface area (Å²) in [4.78, 5) is 22.5. The summed E-state index contributed by atoms with van der Waals surface area (Å²) < 4.78 is 18.5. The van der Waals surface area contributed by atoms with E-state index in [0.29, 0.717) is 51.5 Å². The van der Waals surface area contributed by atoms with E-state index in [2.05, 4.69) is 15.6 Å². The second-order valence-electron chi connectivity index (χ2n) is 8.27. The molecule has 0 radical (unpaired) electrons. The van der Waals surface area contributed by atoms with Crippen molar-refractivity contribution in [1.29, 1.82) is 0 Å². The Morgan fingerprint density at radius 1 is 0.946 bits per heavy atom. The zero-order valence-corrected chi connectivity index (χ0v) is 20.9. The Bertz CT molecular complexity index is 1470. The maximum absolute atomic E-state index is 13.7. The van der Waals surface area contributed by atoms with Gasteiger partial charge in [-0.15, -0.1) is 5.10 Å². The number of fused-ring (bicyclic) bond motifs is 1. The molecule has 3 heterocycles. The zero-order chi connectivity index (χ0) is 25.9. The summed E-state index contributed by atoms with van der Waals surface area (Å²) in [5.74, 6) is 2.20. The lowest BCUT2D eigenvalue weighted by molar-refractivity contribution is -0.113. The first-order chi connectivity index (χ1) is 18.0. The van der Waals surface area contributed by atoms with Crippen LogP contribution >= 0.6 is 0 Å². The Hall–Kier alpha value is -4.86. The molecule has 10 nitrogen and oxygen atoms in total. The molecule has 1 aliphatic heterocycles. The number of carbonyl (C=O) groups is 1. The number of aromatic nitrogens is 4. The lowest BCUT2D eigenvalue weighted by atomic mass is 9.93. The summed E-state index contributed by atoms with van der Waals surface area (Å²) >= 11 is 0. The largest absolute Gasteiger partial charge is 0.496 e. The van der Waals surface area contributed by atoms with Crippen molar-refractivity contribution in [2.45, 2.75) is 13.0 Å². The van der Waals surface area contributed by atoms with Crippen molar-refractivity contribution in [2.75, 3.05) is 32.0 Å². The molecule has 10 heteroatoms. The fraction of sp³-hybridized carbons (Fsp3) is 0.185. The summed E-state index contributed by atoms with van der Waals surface area (Å²) in [6.07, 6.45) is 3.36. The highest BCUT2D eigenvalue weighted by Gasteiger charge is 2.37. The fourth-order valence-corrected chi connectivity index (χ4v) is 4.34. The molecular weight excluding hydrogens is 472 g/mol. The van der Waals surface area contributed by atoms with Gasteiger partial charge in [0.25, 0.3) is 5.91 Å². The molecule has 1 atom stereocenters. The number of amides is 1. The molecule has 1 unspecified atom stereocenters. The van der Waals surface area contributed by atoms with E-state index in [-0.39, 0.29) is 5.91 Å². The summed E-state index contributed by atoms with van der Waals surface area (Å²) in [7, 11) is 4.68. The highest BCUT2D eigenvalue weighted by atomic mass is 16.5. The van der Waals surface area contributed by atoms with Gasteiger partial charge >= 0.3 is 0 Å². The van der Waals surface area contributed by atoms with Crippen LogP contribution in [0.15, 0.2) is 78.3 Å². The van der Waals surface area contributed by atoms with Gasteiger partial charge in [-0.1, -0.05) is 18.2 Å². The number of methoxy groups -OCH3 is 3. The molecule has 0 saturated heterocycles. The number of hydrogen-bond acceptors (Lipinski definition) is 8. The molecule has 2 aromatic heterocycles. The number of benzene rings is 2. The van der Waals surface area contributed by atoms with Gasteiger partial charge in [0.05, 0.1) is 26.9 Å². The van der Waals surface area contributed by atoms with E-state index in [1.165, 1.54) is 0 Å². The van der Waals surface area contributed by atoms with Gasteiger partial charge < -0.3 is 24.8 Å². The smallest absolute Gasteiger partial charge is 0.255 e. The molecule has 0 saturated carbocycles.